The third-order valence-electron chi connectivity index (χ3n) is 6.00. The van der Waals surface area contributed by atoms with Crippen molar-refractivity contribution in [3.05, 3.63) is 83.0 Å². The summed E-state index contributed by atoms with van der Waals surface area (Å²) >= 11 is 0. The lowest BCUT2D eigenvalue weighted by molar-refractivity contribution is -0.144. The summed E-state index contributed by atoms with van der Waals surface area (Å²) in [6.45, 7) is 7.29. The summed E-state index contributed by atoms with van der Waals surface area (Å²) in [4.78, 5) is 25.2. The van der Waals surface area contributed by atoms with Crippen molar-refractivity contribution in [2.75, 3.05) is 0 Å². The minimum Gasteiger partial charge on any atom is -0.508 e. The molecule has 2 aromatic carbocycles. The second-order valence-corrected chi connectivity index (χ2v) is 7.87. The highest BCUT2D eigenvalue weighted by Crippen LogP contribution is 2.58. The first-order valence-corrected chi connectivity index (χ1v) is 10.5. The molecule has 6 heteroatoms. The standard InChI is InChI=1S/C24H18O6.C2H6/c1-13(25)23(2)9-7-16-17(8-10-23)24(30-22(16)28)18-5-3-14(26)11-20(18)29-21-12-15(27)4-6-19(21)24;1-2/h3-12,26-27H,1-2H3;1-2H3. The molecule has 0 aromatic heterocycles. The molecular weight excluding hydrogens is 408 g/mol. The Morgan fingerprint density at radius 1 is 0.906 bits per heavy atom. The summed E-state index contributed by atoms with van der Waals surface area (Å²) in [5, 5.41) is 19.9. The van der Waals surface area contributed by atoms with E-state index in [1.54, 1.807) is 43.4 Å². The number of rotatable bonds is 1. The number of carbonyl (C=O) groups excluding carboxylic acids is 2. The van der Waals surface area contributed by atoms with Crippen LogP contribution in [0.5, 0.6) is 23.0 Å². The molecule has 1 atom stereocenters. The second kappa shape index (κ2) is 7.41. The molecule has 1 spiro atoms. The largest absolute Gasteiger partial charge is 0.508 e. The van der Waals surface area contributed by atoms with Crippen LogP contribution in [0.15, 0.2) is 71.8 Å². The van der Waals surface area contributed by atoms with Gasteiger partial charge >= 0.3 is 5.97 Å². The minimum absolute atomic E-state index is 0.00788. The molecule has 0 saturated carbocycles. The molecule has 2 aliphatic heterocycles. The highest BCUT2D eigenvalue weighted by Gasteiger charge is 2.54. The molecule has 0 saturated heterocycles. The fourth-order valence-corrected chi connectivity index (χ4v) is 4.15. The van der Waals surface area contributed by atoms with E-state index in [9.17, 15) is 19.8 Å². The van der Waals surface area contributed by atoms with Crippen LogP contribution in [0, 0.1) is 5.41 Å². The Hall–Kier alpha value is -3.80. The summed E-state index contributed by atoms with van der Waals surface area (Å²) in [7, 11) is 0. The molecule has 0 bridgehead atoms. The summed E-state index contributed by atoms with van der Waals surface area (Å²) < 4.78 is 11.9. The van der Waals surface area contributed by atoms with Crippen LogP contribution >= 0.6 is 0 Å². The zero-order chi connectivity index (χ0) is 23.3. The van der Waals surface area contributed by atoms with Gasteiger partial charge < -0.3 is 19.7 Å². The first-order chi connectivity index (χ1) is 15.2. The number of carbonyl (C=O) groups is 2. The van der Waals surface area contributed by atoms with Gasteiger partial charge in [0.25, 0.3) is 0 Å². The molecule has 164 valence electrons. The number of benzene rings is 2. The predicted octanol–water partition coefficient (Wildman–Crippen LogP) is 5.05. The molecule has 32 heavy (non-hydrogen) atoms. The average Bonchev–Trinajstić information content (AvgIpc) is 2.90. The number of aromatic hydroxyl groups is 2. The number of hydrogen-bond donors (Lipinski definition) is 2. The van der Waals surface area contributed by atoms with Gasteiger partial charge in [-0.3, -0.25) is 4.79 Å². The van der Waals surface area contributed by atoms with E-state index < -0.39 is 17.0 Å². The lowest BCUT2D eigenvalue weighted by atomic mass is 9.76. The van der Waals surface area contributed by atoms with Gasteiger partial charge in [0.2, 0.25) is 0 Å². The van der Waals surface area contributed by atoms with E-state index in [1.165, 1.54) is 31.2 Å². The van der Waals surface area contributed by atoms with Crippen LogP contribution < -0.4 is 4.74 Å². The van der Waals surface area contributed by atoms with Gasteiger partial charge in [0.15, 0.2) is 5.60 Å². The topological polar surface area (TPSA) is 93.1 Å². The van der Waals surface area contributed by atoms with E-state index in [4.69, 9.17) is 9.47 Å². The zero-order valence-electron chi connectivity index (χ0n) is 18.3. The molecule has 1 aliphatic carbocycles. The summed E-state index contributed by atoms with van der Waals surface area (Å²) in [6, 6.07) is 9.17. The van der Waals surface area contributed by atoms with Gasteiger partial charge in [0.05, 0.1) is 11.0 Å². The van der Waals surface area contributed by atoms with Crippen molar-refractivity contribution in [1.82, 2.24) is 0 Å². The molecule has 2 N–H and O–H groups in total. The number of phenolic OH excluding ortho intramolecular Hbond substituents is 2. The molecule has 2 aromatic rings. The monoisotopic (exact) mass is 432 g/mol. The average molecular weight is 432 g/mol. The first-order valence-electron chi connectivity index (χ1n) is 10.5. The third kappa shape index (κ3) is 2.94. The van der Waals surface area contributed by atoms with Crippen LogP contribution in [0.1, 0.15) is 38.8 Å². The number of hydrogen-bond acceptors (Lipinski definition) is 6. The Morgan fingerprint density at radius 2 is 1.44 bits per heavy atom. The van der Waals surface area contributed by atoms with E-state index >= 15 is 0 Å². The number of Topliss-reactive ketones (excluding diaryl/α,β-unsaturated/α-hetero) is 1. The van der Waals surface area contributed by atoms with Crippen molar-refractivity contribution in [2.24, 2.45) is 5.41 Å². The van der Waals surface area contributed by atoms with Gasteiger partial charge in [-0.2, -0.15) is 0 Å². The van der Waals surface area contributed by atoms with Crippen molar-refractivity contribution in [2.45, 2.75) is 33.3 Å². The highest BCUT2D eigenvalue weighted by molar-refractivity contribution is 5.99. The van der Waals surface area contributed by atoms with Gasteiger partial charge in [-0.1, -0.05) is 32.1 Å². The normalized spacial score (nSPS) is 21.4. The molecule has 0 fully saturated rings. The maximum atomic E-state index is 13.0. The molecule has 5 rings (SSSR count). The molecule has 0 amide bonds. The third-order valence-corrected chi connectivity index (χ3v) is 6.00. The molecule has 1 unspecified atom stereocenters. The van der Waals surface area contributed by atoms with E-state index in [2.05, 4.69) is 0 Å². The summed E-state index contributed by atoms with van der Waals surface area (Å²) in [5.41, 5.74) is -0.193. The van der Waals surface area contributed by atoms with Crippen molar-refractivity contribution in [3.63, 3.8) is 0 Å². The van der Waals surface area contributed by atoms with E-state index in [0.717, 1.165) is 0 Å². The van der Waals surface area contributed by atoms with Crippen LogP contribution in [0.3, 0.4) is 0 Å². The number of fused-ring (bicyclic) bond motifs is 5. The fourth-order valence-electron chi connectivity index (χ4n) is 4.15. The van der Waals surface area contributed by atoms with Gasteiger partial charge in [-0.25, -0.2) is 4.79 Å². The summed E-state index contributed by atoms with van der Waals surface area (Å²) in [6.07, 6.45) is 6.83. The Kier molecular flexibility index (Phi) is 4.96. The second-order valence-electron chi connectivity index (χ2n) is 7.87. The Balaban J connectivity index is 0.00000119. The number of phenols is 2. The molecule has 2 heterocycles. The van der Waals surface area contributed by atoms with Crippen molar-refractivity contribution in [1.29, 1.82) is 0 Å². The quantitative estimate of drug-likeness (QED) is 0.613. The van der Waals surface area contributed by atoms with E-state index in [0.29, 0.717) is 33.8 Å². The van der Waals surface area contributed by atoms with Gasteiger partial charge in [-0.15, -0.1) is 0 Å². The smallest absolute Gasteiger partial charge is 0.340 e. The van der Waals surface area contributed by atoms with E-state index in [1.807, 2.05) is 13.8 Å². The Labute approximate surface area is 186 Å². The lowest BCUT2D eigenvalue weighted by Crippen LogP contribution is -2.34. The number of allylic oxidation sites excluding steroid dienone is 2. The van der Waals surface area contributed by atoms with Gasteiger partial charge in [0.1, 0.15) is 28.8 Å². The summed E-state index contributed by atoms with van der Waals surface area (Å²) in [5.74, 6) is 0.0223. The van der Waals surface area contributed by atoms with Crippen LogP contribution in [-0.4, -0.2) is 22.0 Å². The molecule has 3 aliphatic rings. The maximum absolute atomic E-state index is 13.0. The molecular formula is C26H24O6. The van der Waals surface area contributed by atoms with Crippen LogP contribution in [0.2, 0.25) is 0 Å². The fraction of sp³-hybridized carbons (Fsp3) is 0.231. The van der Waals surface area contributed by atoms with Crippen molar-refractivity contribution in [3.8, 4) is 23.0 Å². The van der Waals surface area contributed by atoms with Crippen LogP contribution in [-0.2, 0) is 19.9 Å². The maximum Gasteiger partial charge on any atom is 0.340 e. The van der Waals surface area contributed by atoms with Crippen molar-refractivity contribution < 1.29 is 29.3 Å². The molecule has 0 radical (unpaired) electrons. The zero-order valence-corrected chi connectivity index (χ0v) is 18.3. The Morgan fingerprint density at radius 3 is 1.97 bits per heavy atom. The number of esters is 1. The predicted molar refractivity (Wildman–Crippen MR) is 119 cm³/mol. The highest BCUT2D eigenvalue weighted by atomic mass is 16.6. The number of ketones is 1. The number of ether oxygens (including phenoxy) is 2. The first kappa shape index (κ1) is 21.4. The van der Waals surface area contributed by atoms with Crippen LogP contribution in [0.4, 0.5) is 0 Å². The minimum atomic E-state index is -1.33. The Bertz CT molecular complexity index is 1180. The van der Waals surface area contributed by atoms with Crippen LogP contribution in [0.25, 0.3) is 0 Å². The van der Waals surface area contributed by atoms with E-state index in [-0.39, 0.29) is 17.3 Å². The molecule has 6 nitrogen and oxygen atoms in total. The SMILES string of the molecule is CC.CC(=O)C1(C)C=CC2=C(C=C1)C1(OC2=O)c2ccc(O)cc2Oc2cc(O)ccc21. The van der Waals surface area contributed by atoms with Gasteiger partial charge in [-0.05, 0) is 44.2 Å². The van der Waals surface area contributed by atoms with Crippen molar-refractivity contribution >= 4 is 11.8 Å². The lowest BCUT2D eigenvalue weighted by Gasteiger charge is -2.37. The van der Waals surface area contributed by atoms with Gasteiger partial charge in [0, 0.05) is 28.8 Å².